The van der Waals surface area contributed by atoms with E-state index in [1.807, 2.05) is 0 Å². The summed E-state index contributed by atoms with van der Waals surface area (Å²) in [6.07, 6.45) is 1.23. The number of carboxylic acids is 1. The van der Waals surface area contributed by atoms with Gasteiger partial charge in [0.15, 0.2) is 0 Å². The minimum atomic E-state index is -4.01. The van der Waals surface area contributed by atoms with Gasteiger partial charge in [-0.3, -0.25) is 4.98 Å². The van der Waals surface area contributed by atoms with Crippen molar-refractivity contribution in [3.05, 3.63) is 53.2 Å². The molecule has 0 saturated carbocycles. The number of carboxylic acid groups (broad SMARTS) is 1. The molecule has 1 fully saturated rings. The molecule has 0 atom stereocenters. The van der Waals surface area contributed by atoms with E-state index in [4.69, 9.17) is 26.0 Å². The lowest BCUT2D eigenvalue weighted by Crippen LogP contribution is -2.40. The van der Waals surface area contributed by atoms with Crippen molar-refractivity contribution in [2.24, 2.45) is 0 Å². The van der Waals surface area contributed by atoms with Crippen LogP contribution in [-0.4, -0.2) is 67.8 Å². The van der Waals surface area contributed by atoms with Gasteiger partial charge in [-0.1, -0.05) is 11.6 Å². The first-order chi connectivity index (χ1) is 15.8. The molecule has 10 nitrogen and oxygen atoms in total. The number of morpholine rings is 1. The van der Waals surface area contributed by atoms with Crippen molar-refractivity contribution in [3.8, 4) is 5.75 Å². The van der Waals surface area contributed by atoms with E-state index < -0.39 is 16.0 Å². The third-order valence-corrected chi connectivity index (χ3v) is 7.20. The van der Waals surface area contributed by atoms with Crippen LogP contribution < -0.4 is 9.97 Å². The van der Waals surface area contributed by atoms with Crippen LogP contribution in [0.4, 0.5) is 11.4 Å². The van der Waals surface area contributed by atoms with Gasteiger partial charge >= 0.3 is 13.7 Å². The summed E-state index contributed by atoms with van der Waals surface area (Å²) < 4.78 is 38.5. The van der Waals surface area contributed by atoms with Gasteiger partial charge in [-0.15, -0.1) is 0 Å². The molecule has 0 spiro atoms. The molecule has 1 aromatic heterocycles. The Hall–Kier alpha value is -2.90. The van der Waals surface area contributed by atoms with E-state index in [2.05, 4.69) is 10.3 Å². The number of hydrogen-bond donors (Lipinski definition) is 3. The molecule has 1 saturated heterocycles. The Labute approximate surface area is 195 Å². The molecule has 3 aromatic rings. The van der Waals surface area contributed by atoms with Gasteiger partial charge < -0.3 is 24.8 Å². The zero-order valence-corrected chi connectivity index (χ0v) is 18.6. The number of rotatable bonds is 7. The zero-order chi connectivity index (χ0) is 23.6. The Balaban J connectivity index is 1.92. The molecule has 1 aliphatic rings. The molecule has 0 amide bonds. The van der Waals surface area contributed by atoms with Crippen LogP contribution in [0.1, 0.15) is 10.4 Å². The van der Waals surface area contributed by atoms with E-state index in [0.29, 0.717) is 23.6 Å². The Kier molecular flexibility index (Phi) is 6.72. The predicted molar refractivity (Wildman–Crippen MR) is 122 cm³/mol. The Morgan fingerprint density at radius 2 is 1.97 bits per heavy atom. The summed E-state index contributed by atoms with van der Waals surface area (Å²) in [6.45, 7) is 0.862. The first-order valence-corrected chi connectivity index (χ1v) is 11.6. The normalized spacial score (nSPS) is 14.7. The van der Waals surface area contributed by atoms with E-state index >= 15 is 0 Å². The fourth-order valence-corrected chi connectivity index (χ4v) is 5.16. The van der Waals surface area contributed by atoms with Crippen LogP contribution in [0.5, 0.6) is 5.75 Å². The molecule has 1 radical (unpaired) electrons. The third kappa shape index (κ3) is 4.75. The van der Waals surface area contributed by atoms with Crippen molar-refractivity contribution in [2.45, 2.75) is 4.90 Å². The number of anilines is 2. The smallest absolute Gasteiger partial charge is 0.537 e. The molecule has 13 heteroatoms. The van der Waals surface area contributed by atoms with Gasteiger partial charge in [-0.2, -0.15) is 4.31 Å². The van der Waals surface area contributed by atoms with Gasteiger partial charge in [0.2, 0.25) is 10.0 Å². The molecule has 1 aliphatic heterocycles. The second-order valence-corrected chi connectivity index (χ2v) is 9.38. The molecule has 0 bridgehead atoms. The van der Waals surface area contributed by atoms with Crippen LogP contribution in [0.2, 0.25) is 5.02 Å². The average molecular weight is 491 g/mol. The number of pyridine rings is 1. The van der Waals surface area contributed by atoms with Crippen LogP contribution in [0.15, 0.2) is 47.5 Å². The molecule has 33 heavy (non-hydrogen) atoms. The number of halogens is 1. The minimum Gasteiger partial charge on any atom is -0.537 e. The molecular weight excluding hydrogens is 473 g/mol. The van der Waals surface area contributed by atoms with Crippen molar-refractivity contribution in [3.63, 3.8) is 0 Å². The number of nitrogens with one attached hydrogen (secondary N) is 1. The quantitative estimate of drug-likeness (QED) is 0.426. The van der Waals surface area contributed by atoms with Crippen molar-refractivity contribution in [1.82, 2.24) is 9.29 Å². The lowest BCUT2D eigenvalue weighted by Gasteiger charge is -2.27. The standard InChI is InChI=1S/C20H18BClN3O7S/c22-12-1-4-16-15(9-12)19(18(11-23-16)33(29,30)25-5-7-31-8-6-25)24-17-10-13(32-21-28)2-3-14(17)20(26)27/h1-4,9-11,28H,5-8H2,(H,23,24)(H,26,27). The van der Waals surface area contributed by atoms with Crippen LogP contribution in [0.3, 0.4) is 0 Å². The summed E-state index contributed by atoms with van der Waals surface area (Å²) in [7, 11) is -3.56. The summed E-state index contributed by atoms with van der Waals surface area (Å²) in [4.78, 5) is 15.9. The highest BCUT2D eigenvalue weighted by Gasteiger charge is 2.30. The van der Waals surface area contributed by atoms with E-state index in [1.165, 1.54) is 28.7 Å². The maximum absolute atomic E-state index is 13.5. The maximum Gasteiger partial charge on any atom is 0.569 e. The highest BCUT2D eigenvalue weighted by Crippen LogP contribution is 2.36. The zero-order valence-electron chi connectivity index (χ0n) is 17.1. The largest absolute Gasteiger partial charge is 0.569 e. The van der Waals surface area contributed by atoms with Crippen molar-refractivity contribution in [1.29, 1.82) is 0 Å². The van der Waals surface area contributed by atoms with Gasteiger partial charge in [0, 0.05) is 35.8 Å². The van der Waals surface area contributed by atoms with Gasteiger partial charge in [0.05, 0.1) is 35.7 Å². The number of fused-ring (bicyclic) bond motifs is 1. The minimum absolute atomic E-state index is 0.0488. The number of sulfonamides is 1. The van der Waals surface area contributed by atoms with Gasteiger partial charge in [-0.25, -0.2) is 13.2 Å². The summed E-state index contributed by atoms with van der Waals surface area (Å²) >= 11 is 6.18. The highest BCUT2D eigenvalue weighted by molar-refractivity contribution is 7.89. The molecule has 171 valence electrons. The second kappa shape index (κ2) is 9.53. The van der Waals surface area contributed by atoms with E-state index in [1.54, 1.807) is 18.2 Å². The lowest BCUT2D eigenvalue weighted by molar-refractivity contribution is 0.0698. The first kappa shape index (κ1) is 23.3. The number of hydrogen-bond acceptors (Lipinski definition) is 8. The van der Waals surface area contributed by atoms with Crippen molar-refractivity contribution >= 4 is 57.6 Å². The average Bonchev–Trinajstić information content (AvgIpc) is 2.80. The lowest BCUT2D eigenvalue weighted by atomic mass is 10.1. The highest BCUT2D eigenvalue weighted by atomic mass is 35.5. The number of ether oxygens (including phenoxy) is 1. The number of benzene rings is 2. The number of carbonyl (C=O) groups is 1. The first-order valence-electron chi connectivity index (χ1n) is 9.74. The van der Waals surface area contributed by atoms with Crippen LogP contribution in [0.25, 0.3) is 10.9 Å². The van der Waals surface area contributed by atoms with Crippen molar-refractivity contribution in [2.75, 3.05) is 31.6 Å². The Morgan fingerprint density at radius 3 is 2.67 bits per heavy atom. The molecule has 0 aliphatic carbocycles. The molecule has 2 heterocycles. The molecular formula is C20H18BClN3O7S. The fraction of sp³-hybridized carbons (Fsp3) is 0.200. The molecule has 0 unspecified atom stereocenters. The number of aromatic carboxylic acids is 1. The Morgan fingerprint density at radius 1 is 1.21 bits per heavy atom. The van der Waals surface area contributed by atoms with Crippen LogP contribution >= 0.6 is 11.6 Å². The van der Waals surface area contributed by atoms with Crippen LogP contribution in [-0.2, 0) is 14.8 Å². The van der Waals surface area contributed by atoms with Gasteiger partial charge in [-0.05, 0) is 30.3 Å². The predicted octanol–water partition coefficient (Wildman–Crippen LogP) is 2.26. The Bertz CT molecular complexity index is 1320. The molecule has 2 aromatic carbocycles. The van der Waals surface area contributed by atoms with Crippen LogP contribution in [0, 0.1) is 0 Å². The van der Waals surface area contributed by atoms with Gasteiger partial charge in [0.25, 0.3) is 0 Å². The molecule has 4 rings (SSSR count). The van der Waals surface area contributed by atoms with Crippen molar-refractivity contribution < 1.29 is 32.7 Å². The second-order valence-electron chi connectivity index (χ2n) is 7.04. The van der Waals surface area contributed by atoms with E-state index in [-0.39, 0.29) is 53.9 Å². The topological polar surface area (TPSA) is 138 Å². The SMILES string of the molecule is O=C(O)c1ccc(O[B]O)cc1Nc1c(S(=O)(=O)N2CCOCC2)cnc2ccc(Cl)cc12. The van der Waals surface area contributed by atoms with E-state index in [0.717, 1.165) is 0 Å². The summed E-state index contributed by atoms with van der Waals surface area (Å²) in [5.74, 6) is -1.11. The molecule has 3 N–H and O–H groups in total. The third-order valence-electron chi connectivity index (χ3n) is 5.05. The maximum atomic E-state index is 13.5. The summed E-state index contributed by atoms with van der Waals surface area (Å²) in [5, 5.41) is 22.3. The van der Waals surface area contributed by atoms with Gasteiger partial charge in [0.1, 0.15) is 10.6 Å². The summed E-state index contributed by atoms with van der Waals surface area (Å²) in [5.41, 5.74) is 0.479. The van der Waals surface area contributed by atoms with E-state index in [9.17, 15) is 18.3 Å². The summed E-state index contributed by atoms with van der Waals surface area (Å²) in [6, 6.07) is 8.76. The number of aromatic nitrogens is 1. The number of nitrogens with zero attached hydrogens (tertiary/aromatic N) is 2. The fourth-order valence-electron chi connectivity index (χ4n) is 3.48. The monoisotopic (exact) mass is 490 g/mol.